The molecule has 0 saturated carbocycles. The molecule has 1 aliphatic heterocycles. The van der Waals surface area contributed by atoms with Crippen LogP contribution in [0, 0.1) is 0 Å². The largest absolute Gasteiger partial charge is 0.351 e. The predicted molar refractivity (Wildman–Crippen MR) is 147 cm³/mol. The number of rotatable bonds is 8. The van der Waals surface area contributed by atoms with Gasteiger partial charge in [0.05, 0.1) is 0 Å². The number of nitrogens with one attached hydrogen (secondary N) is 2. The van der Waals surface area contributed by atoms with Crippen LogP contribution in [0.15, 0.2) is 24.3 Å². The molecule has 2 N–H and O–H groups in total. The second kappa shape index (κ2) is 12.3. The molecule has 0 aromatic heterocycles. The lowest BCUT2D eigenvalue weighted by Gasteiger charge is -2.42. The zero-order valence-corrected chi connectivity index (χ0v) is 23.7. The lowest BCUT2D eigenvalue weighted by molar-refractivity contribution is 0.0949. The van der Waals surface area contributed by atoms with Crippen molar-refractivity contribution >= 4 is 27.5 Å². The average molecular weight is 495 g/mol. The number of amides is 1. The minimum atomic E-state index is 0.00945. The third-order valence-electron chi connectivity index (χ3n) is 5.94. The number of likely N-dealkylation sites (N-methyl/N-ethyl adjacent to an activating group) is 1. The van der Waals surface area contributed by atoms with Crippen LogP contribution in [0.25, 0.3) is 0 Å². The SMILES string of the molecule is CCN(CC)CCNC(=O)c1ccc(CN2CC(C)(C)NCC(C)(C)SSC(C)(C)C2)cc1. The highest BCUT2D eigenvalue weighted by molar-refractivity contribution is 8.77. The van der Waals surface area contributed by atoms with Crippen LogP contribution in [0.3, 0.4) is 0 Å². The smallest absolute Gasteiger partial charge is 0.251 e. The fourth-order valence-corrected chi connectivity index (χ4v) is 6.55. The highest BCUT2D eigenvalue weighted by Gasteiger charge is 2.33. The van der Waals surface area contributed by atoms with Crippen LogP contribution in [0.2, 0.25) is 0 Å². The van der Waals surface area contributed by atoms with Crippen LogP contribution in [0.1, 0.15) is 71.3 Å². The molecule has 188 valence electrons. The van der Waals surface area contributed by atoms with Gasteiger partial charge in [-0.15, -0.1) is 0 Å². The quantitative estimate of drug-likeness (QED) is 0.502. The van der Waals surface area contributed by atoms with E-state index in [0.717, 1.165) is 51.4 Å². The minimum Gasteiger partial charge on any atom is -0.351 e. The van der Waals surface area contributed by atoms with Gasteiger partial charge in [-0.25, -0.2) is 0 Å². The molecule has 1 saturated heterocycles. The predicted octanol–water partition coefficient (Wildman–Crippen LogP) is 4.88. The number of benzene rings is 1. The van der Waals surface area contributed by atoms with E-state index in [9.17, 15) is 4.79 Å². The van der Waals surface area contributed by atoms with Crippen molar-refractivity contribution in [1.29, 1.82) is 0 Å². The molecule has 0 unspecified atom stereocenters. The van der Waals surface area contributed by atoms with Crippen molar-refractivity contribution in [3.63, 3.8) is 0 Å². The Kier molecular flexibility index (Phi) is 10.6. The third-order valence-corrected chi connectivity index (χ3v) is 10.2. The van der Waals surface area contributed by atoms with Crippen LogP contribution in [-0.4, -0.2) is 76.6 Å². The third kappa shape index (κ3) is 10.2. The molecule has 1 heterocycles. The van der Waals surface area contributed by atoms with E-state index in [1.165, 1.54) is 5.56 Å². The average Bonchev–Trinajstić information content (AvgIpc) is 2.74. The second-order valence-electron chi connectivity index (χ2n) is 11.0. The Morgan fingerprint density at radius 2 is 1.61 bits per heavy atom. The van der Waals surface area contributed by atoms with E-state index in [0.29, 0.717) is 6.54 Å². The first-order chi connectivity index (χ1) is 15.3. The Balaban J connectivity index is 2.01. The highest BCUT2D eigenvalue weighted by Crippen LogP contribution is 2.44. The van der Waals surface area contributed by atoms with Gasteiger partial charge in [0.25, 0.3) is 5.91 Å². The van der Waals surface area contributed by atoms with E-state index in [1.807, 2.05) is 33.7 Å². The maximum absolute atomic E-state index is 12.5. The highest BCUT2D eigenvalue weighted by atomic mass is 33.1. The summed E-state index contributed by atoms with van der Waals surface area (Å²) in [6.07, 6.45) is 0. The molecule has 1 amide bonds. The first kappa shape index (κ1) is 28.5. The van der Waals surface area contributed by atoms with Crippen LogP contribution in [-0.2, 0) is 6.54 Å². The first-order valence-electron chi connectivity index (χ1n) is 12.3. The molecule has 0 bridgehead atoms. The van der Waals surface area contributed by atoms with Gasteiger partial charge < -0.3 is 15.5 Å². The number of carbonyl (C=O) groups is 1. The summed E-state index contributed by atoms with van der Waals surface area (Å²) in [4.78, 5) is 17.4. The van der Waals surface area contributed by atoms with E-state index in [4.69, 9.17) is 0 Å². The standard InChI is InChI=1S/C26H46N4OS2/c1-9-29(10-2)16-15-27-23(31)22-13-11-21(12-14-22)17-30-19-24(3,4)28-18-25(5,6)32-33-26(7,8)20-30/h11-14,28H,9-10,15-20H2,1-8H3,(H,27,31). The van der Waals surface area contributed by atoms with E-state index in [2.05, 4.69) is 88.0 Å². The molecule has 1 aliphatic rings. The summed E-state index contributed by atoms with van der Waals surface area (Å²) in [6.45, 7) is 25.7. The molecule has 1 aromatic carbocycles. The Bertz CT molecular complexity index is 721. The molecule has 0 radical (unpaired) electrons. The molecule has 7 heteroatoms. The summed E-state index contributed by atoms with van der Waals surface area (Å²) in [5.74, 6) is 0.00945. The maximum Gasteiger partial charge on any atom is 0.251 e. The molecule has 1 fully saturated rings. The number of nitrogens with zero attached hydrogens (tertiary/aromatic N) is 2. The molecule has 33 heavy (non-hydrogen) atoms. The van der Waals surface area contributed by atoms with Crippen LogP contribution in [0.5, 0.6) is 0 Å². The monoisotopic (exact) mass is 494 g/mol. The summed E-state index contributed by atoms with van der Waals surface area (Å²) in [5.41, 5.74) is 2.01. The molecule has 2 rings (SSSR count). The van der Waals surface area contributed by atoms with E-state index >= 15 is 0 Å². The molecule has 1 aromatic rings. The zero-order valence-electron chi connectivity index (χ0n) is 22.1. The van der Waals surface area contributed by atoms with Gasteiger partial charge in [-0.1, -0.05) is 47.6 Å². The zero-order chi connectivity index (χ0) is 24.7. The lowest BCUT2D eigenvalue weighted by Crippen LogP contribution is -2.54. The number of carbonyl (C=O) groups excluding carboxylic acids is 1. The van der Waals surface area contributed by atoms with E-state index in [-0.39, 0.29) is 20.9 Å². The minimum absolute atomic E-state index is 0.00945. The maximum atomic E-state index is 12.5. The van der Waals surface area contributed by atoms with Crippen LogP contribution < -0.4 is 10.6 Å². The van der Waals surface area contributed by atoms with Gasteiger partial charge in [0.2, 0.25) is 0 Å². The number of hydrogen-bond acceptors (Lipinski definition) is 6. The Labute approximate surface area is 210 Å². The van der Waals surface area contributed by atoms with Gasteiger partial charge >= 0.3 is 0 Å². The van der Waals surface area contributed by atoms with Gasteiger partial charge in [-0.2, -0.15) is 0 Å². The van der Waals surface area contributed by atoms with Gasteiger partial charge in [0.15, 0.2) is 0 Å². The number of hydrogen-bond donors (Lipinski definition) is 2. The van der Waals surface area contributed by atoms with Gasteiger partial charge in [0, 0.05) is 59.9 Å². The fraction of sp³-hybridized carbons (Fsp3) is 0.731. The molecule has 5 nitrogen and oxygen atoms in total. The second-order valence-corrected chi connectivity index (χ2v) is 14.6. The molecule has 0 atom stereocenters. The Hall–Kier alpha value is -0.730. The normalized spacial score (nSPS) is 21.0. The van der Waals surface area contributed by atoms with E-state index < -0.39 is 0 Å². The lowest BCUT2D eigenvalue weighted by atomic mass is 10.0. The molecule has 0 aliphatic carbocycles. The summed E-state index contributed by atoms with van der Waals surface area (Å²) in [7, 11) is 3.99. The van der Waals surface area contributed by atoms with Gasteiger partial charge in [-0.3, -0.25) is 9.69 Å². The van der Waals surface area contributed by atoms with E-state index in [1.54, 1.807) is 0 Å². The molecular formula is C26H46N4OS2. The van der Waals surface area contributed by atoms with Crippen molar-refractivity contribution in [2.75, 3.05) is 45.8 Å². The summed E-state index contributed by atoms with van der Waals surface area (Å²) in [6, 6.07) is 8.14. The van der Waals surface area contributed by atoms with Crippen molar-refractivity contribution < 1.29 is 4.79 Å². The van der Waals surface area contributed by atoms with Crippen molar-refractivity contribution in [2.45, 2.75) is 77.0 Å². The topological polar surface area (TPSA) is 47.6 Å². The first-order valence-corrected chi connectivity index (χ1v) is 14.4. The summed E-state index contributed by atoms with van der Waals surface area (Å²) < 4.78 is 0.350. The van der Waals surface area contributed by atoms with Crippen molar-refractivity contribution in [3.05, 3.63) is 35.4 Å². The van der Waals surface area contributed by atoms with Crippen LogP contribution in [0.4, 0.5) is 0 Å². The van der Waals surface area contributed by atoms with Crippen molar-refractivity contribution in [3.8, 4) is 0 Å². The van der Waals surface area contributed by atoms with Crippen LogP contribution >= 0.6 is 21.6 Å². The Morgan fingerprint density at radius 3 is 2.21 bits per heavy atom. The Morgan fingerprint density at radius 1 is 1.00 bits per heavy atom. The fourth-order valence-electron chi connectivity index (χ4n) is 4.04. The van der Waals surface area contributed by atoms with Gasteiger partial charge in [0.1, 0.15) is 0 Å². The van der Waals surface area contributed by atoms with Gasteiger partial charge in [-0.05, 0) is 72.3 Å². The van der Waals surface area contributed by atoms with Crippen molar-refractivity contribution in [2.24, 2.45) is 0 Å². The summed E-state index contributed by atoms with van der Waals surface area (Å²) >= 11 is 0. The molecule has 0 spiro atoms. The van der Waals surface area contributed by atoms with Crippen molar-refractivity contribution in [1.82, 2.24) is 20.4 Å². The summed E-state index contributed by atoms with van der Waals surface area (Å²) in [5, 5.41) is 6.84. The molecular weight excluding hydrogens is 448 g/mol.